The summed E-state index contributed by atoms with van der Waals surface area (Å²) in [5, 5.41) is 14.5. The molecule has 0 saturated carbocycles. The predicted molar refractivity (Wildman–Crippen MR) is 111 cm³/mol. The lowest BCUT2D eigenvalue weighted by Crippen LogP contribution is -2.32. The molecule has 0 unspecified atom stereocenters. The van der Waals surface area contributed by atoms with Gasteiger partial charge in [-0.25, -0.2) is 0 Å². The molecule has 3 aromatic rings. The van der Waals surface area contributed by atoms with Crippen LogP contribution < -0.4 is 22.0 Å². The Balaban J connectivity index is 1.70. The van der Waals surface area contributed by atoms with Crippen molar-refractivity contribution in [2.24, 2.45) is 0 Å². The smallest absolute Gasteiger partial charge is 0.315 e. The minimum absolute atomic E-state index is 0.00520. The Bertz CT molecular complexity index is 1040. The summed E-state index contributed by atoms with van der Waals surface area (Å²) in [6.45, 7) is 1.43. The lowest BCUT2D eigenvalue weighted by atomic mass is 10.2. The molecule has 8 nitrogen and oxygen atoms in total. The van der Waals surface area contributed by atoms with Gasteiger partial charge in [0.05, 0.1) is 0 Å². The van der Waals surface area contributed by atoms with Gasteiger partial charge in [-0.05, 0) is 42.0 Å². The molecule has 28 heavy (non-hydrogen) atoms. The van der Waals surface area contributed by atoms with Gasteiger partial charge >= 0.3 is 5.56 Å². The molecule has 0 aliphatic rings. The monoisotopic (exact) mass is 416 g/mol. The van der Waals surface area contributed by atoms with Crippen molar-refractivity contribution in [3.63, 3.8) is 0 Å². The number of hydrogen-bond donors (Lipinski definition) is 3. The maximum Gasteiger partial charge on any atom is 0.315 e. The molecule has 0 aliphatic carbocycles. The minimum Gasteiger partial charge on any atom is -0.334 e. The van der Waals surface area contributed by atoms with Gasteiger partial charge in [0.2, 0.25) is 16.9 Å². The average Bonchev–Trinajstić information content (AvgIpc) is 2.67. The van der Waals surface area contributed by atoms with Crippen molar-refractivity contribution in [3.8, 4) is 0 Å². The SMILES string of the molecule is CC(=O)Nc1ccc(Nc2nnc(SCc3ccc(Cl)cc3)n(N)c2=O)cc1. The van der Waals surface area contributed by atoms with E-state index in [1.807, 2.05) is 12.1 Å². The standard InChI is InChI=1S/C18H17ClN6O2S/c1-11(26)21-14-6-8-15(9-7-14)22-16-17(27)25(20)18(24-23-16)28-10-12-2-4-13(19)5-3-12/h2-9H,10,20H2,1H3,(H,21,26)(H,22,23). The number of halogens is 1. The number of hydrogen-bond acceptors (Lipinski definition) is 7. The number of rotatable bonds is 6. The Kier molecular flexibility index (Phi) is 6.17. The minimum atomic E-state index is -0.500. The van der Waals surface area contributed by atoms with Gasteiger partial charge < -0.3 is 16.5 Å². The maximum atomic E-state index is 12.4. The van der Waals surface area contributed by atoms with Gasteiger partial charge in [-0.3, -0.25) is 9.59 Å². The summed E-state index contributed by atoms with van der Waals surface area (Å²) in [6.07, 6.45) is 0. The predicted octanol–water partition coefficient (Wildman–Crippen LogP) is 3.00. The topological polar surface area (TPSA) is 115 Å². The van der Waals surface area contributed by atoms with Crippen LogP contribution in [-0.4, -0.2) is 20.8 Å². The van der Waals surface area contributed by atoms with E-state index in [1.165, 1.54) is 18.7 Å². The summed E-state index contributed by atoms with van der Waals surface area (Å²) in [6, 6.07) is 14.2. The van der Waals surface area contributed by atoms with Gasteiger partial charge in [-0.1, -0.05) is 35.5 Å². The number of carbonyl (C=O) groups is 1. The van der Waals surface area contributed by atoms with Gasteiger partial charge in [0, 0.05) is 29.1 Å². The second-order valence-electron chi connectivity index (χ2n) is 5.81. The third-order valence-corrected chi connectivity index (χ3v) is 4.88. The highest BCUT2D eigenvalue weighted by atomic mass is 35.5. The molecular weight excluding hydrogens is 400 g/mol. The molecule has 10 heteroatoms. The lowest BCUT2D eigenvalue weighted by Gasteiger charge is -2.09. The van der Waals surface area contributed by atoms with E-state index >= 15 is 0 Å². The van der Waals surface area contributed by atoms with Crippen LogP contribution in [0.4, 0.5) is 17.2 Å². The Morgan fingerprint density at radius 3 is 2.39 bits per heavy atom. The number of nitrogens with two attached hydrogens (primary N) is 1. The van der Waals surface area contributed by atoms with Crippen molar-refractivity contribution in [1.29, 1.82) is 0 Å². The number of aromatic nitrogens is 3. The Labute approximate surface area is 170 Å². The Morgan fingerprint density at radius 1 is 1.11 bits per heavy atom. The second-order valence-corrected chi connectivity index (χ2v) is 7.18. The van der Waals surface area contributed by atoms with E-state index in [2.05, 4.69) is 20.8 Å². The zero-order valence-corrected chi connectivity index (χ0v) is 16.4. The molecule has 0 radical (unpaired) electrons. The number of anilines is 3. The van der Waals surface area contributed by atoms with E-state index in [0.29, 0.717) is 27.3 Å². The van der Waals surface area contributed by atoms with Crippen molar-refractivity contribution in [3.05, 3.63) is 69.5 Å². The molecule has 0 fully saturated rings. The number of nitrogen functional groups attached to an aromatic ring is 1. The number of thioether (sulfide) groups is 1. The van der Waals surface area contributed by atoms with Crippen molar-refractivity contribution >= 4 is 46.5 Å². The summed E-state index contributed by atoms with van der Waals surface area (Å²) in [7, 11) is 0. The molecule has 2 aromatic carbocycles. The van der Waals surface area contributed by atoms with Crippen LogP contribution in [0.2, 0.25) is 5.02 Å². The second kappa shape index (κ2) is 8.77. The number of nitrogens with one attached hydrogen (secondary N) is 2. The summed E-state index contributed by atoms with van der Waals surface area (Å²) in [5.41, 5.74) is 1.78. The molecular formula is C18H17ClN6O2S. The molecule has 1 heterocycles. The lowest BCUT2D eigenvalue weighted by molar-refractivity contribution is -0.114. The fourth-order valence-electron chi connectivity index (χ4n) is 2.27. The normalized spacial score (nSPS) is 10.5. The zero-order chi connectivity index (χ0) is 20.1. The summed E-state index contributed by atoms with van der Waals surface area (Å²) in [4.78, 5) is 23.5. The fourth-order valence-corrected chi connectivity index (χ4v) is 3.20. The molecule has 3 rings (SSSR count). The molecule has 0 saturated heterocycles. The summed E-state index contributed by atoms with van der Waals surface area (Å²) >= 11 is 7.17. The van der Waals surface area contributed by atoms with E-state index < -0.39 is 5.56 Å². The summed E-state index contributed by atoms with van der Waals surface area (Å²) < 4.78 is 0.960. The van der Waals surface area contributed by atoms with Gasteiger partial charge in [0.25, 0.3) is 0 Å². The van der Waals surface area contributed by atoms with Gasteiger partial charge in [0.15, 0.2) is 0 Å². The first-order valence-electron chi connectivity index (χ1n) is 8.19. The number of amides is 1. The van der Waals surface area contributed by atoms with Crippen LogP contribution in [0.1, 0.15) is 12.5 Å². The Hall–Kier alpha value is -3.04. The van der Waals surface area contributed by atoms with Crippen LogP contribution in [0.3, 0.4) is 0 Å². The van der Waals surface area contributed by atoms with E-state index in [9.17, 15) is 9.59 Å². The number of benzene rings is 2. The maximum absolute atomic E-state index is 12.4. The van der Waals surface area contributed by atoms with E-state index in [4.69, 9.17) is 17.4 Å². The van der Waals surface area contributed by atoms with E-state index in [-0.39, 0.29) is 11.7 Å². The average molecular weight is 417 g/mol. The molecule has 1 amide bonds. The van der Waals surface area contributed by atoms with Gasteiger partial charge in [-0.15, -0.1) is 10.2 Å². The highest BCUT2D eigenvalue weighted by molar-refractivity contribution is 7.98. The van der Waals surface area contributed by atoms with Crippen LogP contribution >= 0.6 is 23.4 Å². The Morgan fingerprint density at radius 2 is 1.75 bits per heavy atom. The van der Waals surface area contributed by atoms with E-state index in [0.717, 1.165) is 10.2 Å². The fraction of sp³-hybridized carbons (Fsp3) is 0.111. The van der Waals surface area contributed by atoms with Crippen molar-refractivity contribution < 1.29 is 4.79 Å². The molecule has 0 bridgehead atoms. The molecule has 0 spiro atoms. The van der Waals surface area contributed by atoms with Crippen molar-refractivity contribution in [1.82, 2.24) is 14.9 Å². The number of nitrogens with zero attached hydrogens (tertiary/aromatic N) is 3. The largest absolute Gasteiger partial charge is 0.334 e. The van der Waals surface area contributed by atoms with Crippen LogP contribution in [-0.2, 0) is 10.5 Å². The first-order chi connectivity index (χ1) is 13.4. The third-order valence-electron chi connectivity index (χ3n) is 3.61. The van der Waals surface area contributed by atoms with Gasteiger partial charge in [0.1, 0.15) is 0 Å². The van der Waals surface area contributed by atoms with Crippen LogP contribution in [0.15, 0.2) is 58.5 Å². The third kappa shape index (κ3) is 5.02. The van der Waals surface area contributed by atoms with E-state index in [1.54, 1.807) is 36.4 Å². The molecule has 144 valence electrons. The molecule has 1 aromatic heterocycles. The van der Waals surface area contributed by atoms with Crippen molar-refractivity contribution in [2.75, 3.05) is 16.5 Å². The van der Waals surface area contributed by atoms with Crippen molar-refractivity contribution in [2.45, 2.75) is 17.8 Å². The molecule has 4 N–H and O–H groups in total. The van der Waals surface area contributed by atoms with Crippen LogP contribution in [0.5, 0.6) is 0 Å². The highest BCUT2D eigenvalue weighted by Gasteiger charge is 2.11. The highest BCUT2D eigenvalue weighted by Crippen LogP contribution is 2.21. The zero-order valence-electron chi connectivity index (χ0n) is 14.8. The van der Waals surface area contributed by atoms with Crippen LogP contribution in [0, 0.1) is 0 Å². The van der Waals surface area contributed by atoms with Gasteiger partial charge in [-0.2, -0.15) is 4.68 Å². The quantitative estimate of drug-likeness (QED) is 0.418. The van der Waals surface area contributed by atoms with Crippen LogP contribution in [0.25, 0.3) is 0 Å². The first kappa shape index (κ1) is 19.7. The molecule has 0 atom stereocenters. The first-order valence-corrected chi connectivity index (χ1v) is 9.55. The molecule has 0 aliphatic heterocycles. The summed E-state index contributed by atoms with van der Waals surface area (Å²) in [5.74, 6) is 6.29. The number of carbonyl (C=O) groups excluding carboxylic acids is 1.